The lowest BCUT2D eigenvalue weighted by molar-refractivity contribution is 0.535. The van der Waals surface area contributed by atoms with Crippen LogP contribution in [0.15, 0.2) is 29.2 Å². The molecule has 0 saturated heterocycles. The van der Waals surface area contributed by atoms with E-state index in [9.17, 15) is 12.8 Å². The van der Waals surface area contributed by atoms with Crippen LogP contribution in [-0.2, 0) is 10.0 Å². The summed E-state index contributed by atoms with van der Waals surface area (Å²) in [5.74, 6) is -0.562. The van der Waals surface area contributed by atoms with Crippen molar-refractivity contribution in [2.75, 3.05) is 13.1 Å². The van der Waals surface area contributed by atoms with Crippen LogP contribution in [0.5, 0.6) is 0 Å². The Hall–Kier alpha value is -0.690. The van der Waals surface area contributed by atoms with Crippen molar-refractivity contribution in [3.8, 4) is 0 Å². The first-order valence-electron chi connectivity index (χ1n) is 5.44. The van der Waals surface area contributed by atoms with E-state index < -0.39 is 15.8 Å². The first kappa shape index (κ1) is 17.3. The Kier molecular flexibility index (Phi) is 7.39. The molecule has 0 spiro atoms. The number of hydrogen-bond acceptors (Lipinski definition) is 3. The molecule has 0 bridgehead atoms. The predicted octanol–water partition coefficient (Wildman–Crippen LogP) is 1.52. The average Bonchev–Trinajstić information content (AvgIpc) is 2.27. The summed E-state index contributed by atoms with van der Waals surface area (Å²) in [5.41, 5.74) is 0. The van der Waals surface area contributed by atoms with E-state index in [0.29, 0.717) is 0 Å². The number of halogens is 2. The normalized spacial score (nSPS) is 12.8. The number of hydrogen-bond donors (Lipinski definition) is 2. The number of nitrogens with one attached hydrogen (secondary N) is 2. The van der Waals surface area contributed by atoms with Crippen molar-refractivity contribution in [3.05, 3.63) is 30.1 Å². The summed E-state index contributed by atoms with van der Waals surface area (Å²) in [7, 11) is -3.63. The van der Waals surface area contributed by atoms with Crippen molar-refractivity contribution in [1.29, 1.82) is 0 Å². The highest BCUT2D eigenvalue weighted by Crippen LogP contribution is 2.09. The molecule has 1 aromatic rings. The molecule has 0 unspecified atom stereocenters. The topological polar surface area (TPSA) is 58.2 Å². The Labute approximate surface area is 113 Å². The second kappa shape index (κ2) is 7.68. The van der Waals surface area contributed by atoms with E-state index in [0.717, 1.165) is 12.6 Å². The molecular formula is C11H18ClFN2O2S. The van der Waals surface area contributed by atoms with Crippen LogP contribution in [0.2, 0.25) is 0 Å². The summed E-state index contributed by atoms with van der Waals surface area (Å²) in [4.78, 5) is -0.0544. The van der Waals surface area contributed by atoms with Gasteiger partial charge in [-0.25, -0.2) is 17.5 Å². The molecule has 0 aliphatic heterocycles. The fraction of sp³-hybridized carbons (Fsp3) is 0.455. The fourth-order valence-electron chi connectivity index (χ4n) is 1.37. The zero-order valence-electron chi connectivity index (χ0n) is 10.3. The van der Waals surface area contributed by atoms with Gasteiger partial charge in [0.1, 0.15) is 5.82 Å². The summed E-state index contributed by atoms with van der Waals surface area (Å²) in [5, 5.41) is 3.08. The molecule has 0 aromatic heterocycles. The molecule has 104 valence electrons. The van der Waals surface area contributed by atoms with Gasteiger partial charge in [0.05, 0.1) is 4.90 Å². The molecule has 18 heavy (non-hydrogen) atoms. The minimum atomic E-state index is -3.63. The van der Waals surface area contributed by atoms with Gasteiger partial charge in [0.25, 0.3) is 0 Å². The summed E-state index contributed by atoms with van der Waals surface area (Å²) in [6, 6.07) is 4.98. The monoisotopic (exact) mass is 296 g/mol. The number of likely N-dealkylation sites (N-methyl/N-ethyl adjacent to an activating group) is 1. The van der Waals surface area contributed by atoms with Crippen LogP contribution < -0.4 is 10.0 Å². The second-order valence-electron chi connectivity index (χ2n) is 3.77. The number of sulfonamides is 1. The van der Waals surface area contributed by atoms with Gasteiger partial charge in [0, 0.05) is 12.6 Å². The Balaban J connectivity index is 0.00000289. The molecule has 1 aromatic carbocycles. The van der Waals surface area contributed by atoms with Gasteiger partial charge < -0.3 is 5.32 Å². The lowest BCUT2D eigenvalue weighted by Gasteiger charge is -2.13. The molecule has 7 heteroatoms. The molecular weight excluding hydrogens is 279 g/mol. The highest BCUT2D eigenvalue weighted by atomic mass is 35.5. The quantitative estimate of drug-likeness (QED) is 0.837. The molecule has 2 N–H and O–H groups in total. The van der Waals surface area contributed by atoms with E-state index in [4.69, 9.17) is 0 Å². The van der Waals surface area contributed by atoms with Crippen LogP contribution >= 0.6 is 12.4 Å². The average molecular weight is 297 g/mol. The van der Waals surface area contributed by atoms with Gasteiger partial charge in [0.15, 0.2) is 0 Å². The van der Waals surface area contributed by atoms with Crippen molar-refractivity contribution in [2.45, 2.75) is 24.8 Å². The third kappa shape index (κ3) is 5.30. The summed E-state index contributed by atoms with van der Waals surface area (Å²) < 4.78 is 38.9. The van der Waals surface area contributed by atoms with Crippen LogP contribution in [0.25, 0.3) is 0 Å². The molecule has 0 aliphatic carbocycles. The highest BCUT2D eigenvalue weighted by molar-refractivity contribution is 7.89. The summed E-state index contributed by atoms with van der Waals surface area (Å²) in [6.45, 7) is 4.85. The first-order valence-corrected chi connectivity index (χ1v) is 6.92. The smallest absolute Gasteiger partial charge is 0.240 e. The molecule has 0 fully saturated rings. The standard InChI is InChI=1S/C11H17FN2O2S.ClH/c1-3-13-9(2)8-14-17(15,16)11-6-4-5-10(12)7-11;/h4-7,9,13-14H,3,8H2,1-2H3;1H/t9-;/m1./s1. The minimum absolute atomic E-state index is 0. The number of benzene rings is 1. The highest BCUT2D eigenvalue weighted by Gasteiger charge is 2.15. The fourth-order valence-corrected chi connectivity index (χ4v) is 2.53. The molecule has 4 nitrogen and oxygen atoms in total. The zero-order valence-corrected chi connectivity index (χ0v) is 11.9. The third-order valence-electron chi connectivity index (χ3n) is 2.24. The molecule has 0 aliphatic rings. The van der Waals surface area contributed by atoms with Crippen molar-refractivity contribution in [2.24, 2.45) is 0 Å². The Bertz CT molecular complexity index is 468. The Morgan fingerprint density at radius 3 is 2.61 bits per heavy atom. The summed E-state index contributed by atoms with van der Waals surface area (Å²) >= 11 is 0. The van der Waals surface area contributed by atoms with E-state index in [1.165, 1.54) is 18.2 Å². The maximum absolute atomic E-state index is 12.9. The summed E-state index contributed by atoms with van der Waals surface area (Å²) in [6.07, 6.45) is 0. The van der Waals surface area contributed by atoms with Crippen molar-refractivity contribution in [1.82, 2.24) is 10.0 Å². The molecule has 1 rings (SSSR count). The largest absolute Gasteiger partial charge is 0.313 e. The van der Waals surface area contributed by atoms with Gasteiger partial charge >= 0.3 is 0 Å². The van der Waals surface area contributed by atoms with E-state index in [2.05, 4.69) is 10.0 Å². The van der Waals surface area contributed by atoms with Crippen molar-refractivity contribution in [3.63, 3.8) is 0 Å². The molecule has 0 radical (unpaired) electrons. The maximum atomic E-state index is 12.9. The van der Waals surface area contributed by atoms with Crippen LogP contribution in [0.4, 0.5) is 4.39 Å². The maximum Gasteiger partial charge on any atom is 0.240 e. The van der Waals surface area contributed by atoms with Crippen LogP contribution in [-0.4, -0.2) is 27.5 Å². The van der Waals surface area contributed by atoms with Gasteiger partial charge in [-0.15, -0.1) is 12.4 Å². The Morgan fingerprint density at radius 2 is 2.06 bits per heavy atom. The van der Waals surface area contributed by atoms with Crippen LogP contribution in [0, 0.1) is 5.82 Å². The second-order valence-corrected chi connectivity index (χ2v) is 5.53. The molecule has 0 heterocycles. The SMILES string of the molecule is CCN[C@H](C)CNS(=O)(=O)c1cccc(F)c1.Cl. The number of rotatable bonds is 6. The zero-order chi connectivity index (χ0) is 12.9. The van der Waals surface area contributed by atoms with Crippen molar-refractivity contribution >= 4 is 22.4 Å². The molecule has 0 amide bonds. The van der Waals surface area contributed by atoms with E-state index in [-0.39, 0.29) is 29.9 Å². The predicted molar refractivity (Wildman–Crippen MR) is 72.0 cm³/mol. The first-order chi connectivity index (χ1) is 7.95. The van der Waals surface area contributed by atoms with Gasteiger partial charge in [0.2, 0.25) is 10.0 Å². The van der Waals surface area contributed by atoms with Crippen LogP contribution in [0.3, 0.4) is 0 Å². The van der Waals surface area contributed by atoms with Gasteiger partial charge in [-0.2, -0.15) is 0 Å². The molecule has 0 saturated carbocycles. The van der Waals surface area contributed by atoms with E-state index >= 15 is 0 Å². The Morgan fingerprint density at radius 1 is 1.39 bits per heavy atom. The van der Waals surface area contributed by atoms with Gasteiger partial charge in [-0.3, -0.25) is 0 Å². The lowest BCUT2D eigenvalue weighted by atomic mass is 10.3. The van der Waals surface area contributed by atoms with Gasteiger partial charge in [-0.1, -0.05) is 13.0 Å². The van der Waals surface area contributed by atoms with Gasteiger partial charge in [-0.05, 0) is 31.7 Å². The van der Waals surface area contributed by atoms with Crippen molar-refractivity contribution < 1.29 is 12.8 Å². The van der Waals surface area contributed by atoms with E-state index in [1.807, 2.05) is 13.8 Å². The van der Waals surface area contributed by atoms with E-state index in [1.54, 1.807) is 0 Å². The lowest BCUT2D eigenvalue weighted by Crippen LogP contribution is -2.38. The third-order valence-corrected chi connectivity index (χ3v) is 3.66. The molecule has 1 atom stereocenters. The minimum Gasteiger partial charge on any atom is -0.313 e. The van der Waals surface area contributed by atoms with Crippen LogP contribution in [0.1, 0.15) is 13.8 Å².